The minimum absolute atomic E-state index is 0.221. The molecule has 1 aromatic carbocycles. The van der Waals surface area contributed by atoms with E-state index in [4.69, 9.17) is 9.84 Å². The largest absolute Gasteiger partial charge is 0.481 e. The Balaban J connectivity index is 2.09. The van der Waals surface area contributed by atoms with E-state index in [2.05, 4.69) is 5.32 Å². The number of amides is 1. The van der Waals surface area contributed by atoms with Crippen molar-refractivity contribution in [1.82, 2.24) is 5.32 Å². The van der Waals surface area contributed by atoms with Crippen LogP contribution in [0.4, 0.5) is 0 Å². The molecule has 0 bridgehead atoms. The first kappa shape index (κ1) is 16.0. The summed E-state index contributed by atoms with van der Waals surface area (Å²) in [4.78, 5) is 35.2. The molecular formula is C16H19NO5. The van der Waals surface area contributed by atoms with E-state index in [1.807, 2.05) is 0 Å². The quantitative estimate of drug-likeness (QED) is 0.803. The first-order valence-electron chi connectivity index (χ1n) is 7.19. The fraction of sp³-hybridized carbons (Fsp3) is 0.438. The highest BCUT2D eigenvalue weighted by atomic mass is 16.5. The number of nitrogens with one attached hydrogen (secondary N) is 1. The van der Waals surface area contributed by atoms with Crippen molar-refractivity contribution < 1.29 is 24.2 Å². The molecule has 0 aliphatic heterocycles. The van der Waals surface area contributed by atoms with Crippen LogP contribution in [0.5, 0.6) is 0 Å². The molecule has 2 N–H and O–H groups in total. The van der Waals surface area contributed by atoms with Crippen molar-refractivity contribution in [2.45, 2.75) is 25.3 Å². The number of carbonyl (C=O) groups excluding carboxylic acids is 2. The number of hydrogen-bond donors (Lipinski definition) is 2. The molecule has 1 aromatic rings. The van der Waals surface area contributed by atoms with E-state index in [-0.39, 0.29) is 11.8 Å². The highest BCUT2D eigenvalue weighted by molar-refractivity contribution is 5.96. The molecule has 1 aliphatic rings. The topological polar surface area (TPSA) is 92.7 Å². The van der Waals surface area contributed by atoms with Gasteiger partial charge in [0.1, 0.15) is 6.04 Å². The number of aliphatic carboxylic acids is 1. The van der Waals surface area contributed by atoms with Crippen LogP contribution >= 0.6 is 0 Å². The number of methoxy groups -OCH3 is 1. The van der Waals surface area contributed by atoms with Crippen molar-refractivity contribution in [2.75, 3.05) is 7.11 Å². The van der Waals surface area contributed by atoms with Gasteiger partial charge in [-0.2, -0.15) is 0 Å². The maximum atomic E-state index is 12.2. The van der Waals surface area contributed by atoms with Gasteiger partial charge in [0.2, 0.25) is 0 Å². The average Bonchev–Trinajstić information content (AvgIpc) is 3.02. The molecule has 1 fully saturated rings. The molecular weight excluding hydrogens is 286 g/mol. The predicted octanol–water partition coefficient (Wildman–Crippen LogP) is 1.46. The van der Waals surface area contributed by atoms with E-state index >= 15 is 0 Å². The van der Waals surface area contributed by atoms with Gasteiger partial charge in [-0.3, -0.25) is 9.59 Å². The second-order valence-electron chi connectivity index (χ2n) is 5.45. The van der Waals surface area contributed by atoms with Crippen molar-refractivity contribution in [3.63, 3.8) is 0 Å². The zero-order valence-corrected chi connectivity index (χ0v) is 12.3. The number of esters is 1. The van der Waals surface area contributed by atoms with Gasteiger partial charge < -0.3 is 15.2 Å². The SMILES string of the molecule is COC(=O)[C@H](NC(=O)c1ccccc1)[C@@H]1CC[C@H](C(=O)O)C1. The molecule has 1 amide bonds. The van der Waals surface area contributed by atoms with Gasteiger partial charge in [-0.05, 0) is 37.3 Å². The molecule has 0 heterocycles. The van der Waals surface area contributed by atoms with E-state index < -0.39 is 23.9 Å². The van der Waals surface area contributed by atoms with Crippen LogP contribution < -0.4 is 5.32 Å². The first-order chi connectivity index (χ1) is 10.5. The summed E-state index contributed by atoms with van der Waals surface area (Å²) >= 11 is 0. The smallest absolute Gasteiger partial charge is 0.328 e. The monoisotopic (exact) mass is 305 g/mol. The number of hydrogen-bond acceptors (Lipinski definition) is 4. The van der Waals surface area contributed by atoms with Crippen molar-refractivity contribution in [3.05, 3.63) is 35.9 Å². The van der Waals surface area contributed by atoms with E-state index in [1.54, 1.807) is 30.3 Å². The average molecular weight is 305 g/mol. The van der Waals surface area contributed by atoms with Crippen LogP contribution in [0.15, 0.2) is 30.3 Å². The van der Waals surface area contributed by atoms with E-state index in [1.165, 1.54) is 7.11 Å². The van der Waals surface area contributed by atoms with E-state index in [9.17, 15) is 14.4 Å². The first-order valence-corrected chi connectivity index (χ1v) is 7.19. The second-order valence-corrected chi connectivity index (χ2v) is 5.45. The van der Waals surface area contributed by atoms with Crippen LogP contribution in [0.3, 0.4) is 0 Å². The summed E-state index contributed by atoms with van der Waals surface area (Å²) in [5, 5.41) is 11.7. The Hall–Kier alpha value is -2.37. The third-order valence-electron chi connectivity index (χ3n) is 4.07. The third kappa shape index (κ3) is 3.63. The molecule has 118 valence electrons. The molecule has 1 aliphatic carbocycles. The van der Waals surface area contributed by atoms with E-state index in [0.717, 1.165) is 0 Å². The lowest BCUT2D eigenvalue weighted by Gasteiger charge is -2.22. The van der Waals surface area contributed by atoms with Crippen LogP contribution in [0.25, 0.3) is 0 Å². The van der Waals surface area contributed by atoms with Gasteiger partial charge >= 0.3 is 11.9 Å². The van der Waals surface area contributed by atoms with Crippen LogP contribution in [0.2, 0.25) is 0 Å². The molecule has 6 nitrogen and oxygen atoms in total. The van der Waals surface area contributed by atoms with Crippen molar-refractivity contribution in [1.29, 1.82) is 0 Å². The highest BCUT2D eigenvalue weighted by Gasteiger charge is 2.39. The van der Waals surface area contributed by atoms with Crippen LogP contribution in [-0.2, 0) is 14.3 Å². The van der Waals surface area contributed by atoms with Gasteiger partial charge in [0.15, 0.2) is 0 Å². The molecule has 0 saturated heterocycles. The zero-order valence-electron chi connectivity index (χ0n) is 12.3. The Labute approximate surface area is 128 Å². The lowest BCUT2D eigenvalue weighted by Crippen LogP contribution is -2.46. The van der Waals surface area contributed by atoms with Crippen LogP contribution in [0, 0.1) is 11.8 Å². The Bertz CT molecular complexity index is 557. The van der Waals surface area contributed by atoms with Gasteiger partial charge in [-0.1, -0.05) is 18.2 Å². The number of carbonyl (C=O) groups is 3. The van der Waals surface area contributed by atoms with Crippen molar-refractivity contribution in [2.24, 2.45) is 11.8 Å². The zero-order chi connectivity index (χ0) is 16.1. The molecule has 1 saturated carbocycles. The minimum Gasteiger partial charge on any atom is -0.481 e. The summed E-state index contributed by atoms with van der Waals surface area (Å²) in [6.45, 7) is 0. The summed E-state index contributed by atoms with van der Waals surface area (Å²) in [5.74, 6) is -2.46. The fourth-order valence-electron chi connectivity index (χ4n) is 2.85. The lowest BCUT2D eigenvalue weighted by molar-refractivity contribution is -0.145. The van der Waals surface area contributed by atoms with Crippen molar-refractivity contribution in [3.8, 4) is 0 Å². The summed E-state index contributed by atoms with van der Waals surface area (Å²) < 4.78 is 4.76. The molecule has 6 heteroatoms. The molecule has 0 unspecified atom stereocenters. The Morgan fingerprint density at radius 2 is 1.91 bits per heavy atom. The molecule has 0 aromatic heterocycles. The predicted molar refractivity (Wildman–Crippen MR) is 78.2 cm³/mol. The van der Waals surface area contributed by atoms with Gasteiger partial charge in [-0.25, -0.2) is 4.79 Å². The summed E-state index contributed by atoms with van der Waals surface area (Å²) in [6.07, 6.45) is 1.45. The normalized spacial score (nSPS) is 21.9. The fourth-order valence-corrected chi connectivity index (χ4v) is 2.85. The van der Waals surface area contributed by atoms with Gasteiger partial charge in [-0.15, -0.1) is 0 Å². The maximum absolute atomic E-state index is 12.2. The summed E-state index contributed by atoms with van der Waals surface area (Å²) in [7, 11) is 1.26. The molecule has 3 atom stereocenters. The molecule has 22 heavy (non-hydrogen) atoms. The second kappa shape index (κ2) is 7.06. The third-order valence-corrected chi connectivity index (χ3v) is 4.07. The number of rotatable bonds is 5. The number of carboxylic acids is 1. The minimum atomic E-state index is -0.861. The van der Waals surface area contributed by atoms with Crippen molar-refractivity contribution >= 4 is 17.8 Å². The molecule has 0 radical (unpaired) electrons. The van der Waals surface area contributed by atoms with Gasteiger partial charge in [0, 0.05) is 5.56 Å². The van der Waals surface area contributed by atoms with Gasteiger partial charge in [0.25, 0.3) is 5.91 Å². The summed E-state index contributed by atoms with van der Waals surface area (Å²) in [5.41, 5.74) is 0.448. The van der Waals surface area contributed by atoms with Crippen LogP contribution in [-0.4, -0.2) is 36.1 Å². The Morgan fingerprint density at radius 1 is 1.23 bits per heavy atom. The molecule has 0 spiro atoms. The Kier molecular flexibility index (Phi) is 5.14. The standard InChI is InChI=1S/C16H19NO5/c1-22-16(21)13(11-7-8-12(9-11)15(19)20)17-14(18)10-5-3-2-4-6-10/h2-6,11-13H,7-9H2,1H3,(H,17,18)(H,19,20)/t11-,12+,13-/m1/s1. The number of ether oxygens (including phenoxy) is 1. The highest BCUT2D eigenvalue weighted by Crippen LogP contribution is 2.33. The lowest BCUT2D eigenvalue weighted by atomic mass is 9.96. The van der Waals surface area contributed by atoms with E-state index in [0.29, 0.717) is 24.8 Å². The Morgan fingerprint density at radius 3 is 2.45 bits per heavy atom. The van der Waals surface area contributed by atoms with Gasteiger partial charge in [0.05, 0.1) is 13.0 Å². The number of benzene rings is 1. The maximum Gasteiger partial charge on any atom is 0.328 e. The molecule has 2 rings (SSSR count). The number of carboxylic acid groups (broad SMARTS) is 1. The van der Waals surface area contributed by atoms with Crippen LogP contribution in [0.1, 0.15) is 29.6 Å². The summed E-state index contributed by atoms with van der Waals surface area (Å²) in [6, 6.07) is 7.75.